The second-order valence-electron chi connectivity index (χ2n) is 1.93. The SMILES string of the molecule is Nc1ccc([14C](=O)O)cc1. The third kappa shape index (κ3) is 1.25. The number of nitrogens with two attached hydrogens (primary N) is 1. The summed E-state index contributed by atoms with van der Waals surface area (Å²) in [5, 5.41) is 8.43. The van der Waals surface area contributed by atoms with Crippen LogP contribution in [0.4, 0.5) is 5.69 Å². The fraction of sp³-hybridized carbons (Fsp3) is 0. The molecule has 1 aromatic rings. The molecule has 1 aromatic carbocycles. The van der Waals surface area contributed by atoms with E-state index in [0.29, 0.717) is 5.69 Å². The van der Waals surface area contributed by atoms with Crippen LogP contribution in [0, 0.1) is 0 Å². The maximum absolute atomic E-state index is 10.3. The predicted octanol–water partition coefficient (Wildman–Crippen LogP) is 0.967. The van der Waals surface area contributed by atoms with Gasteiger partial charge in [-0.3, -0.25) is 0 Å². The molecule has 3 nitrogen and oxygen atoms in total. The van der Waals surface area contributed by atoms with E-state index in [1.165, 1.54) is 12.1 Å². The fourth-order valence-corrected chi connectivity index (χ4v) is 0.626. The highest BCUT2D eigenvalue weighted by Crippen LogP contribution is 2.04. The number of nitrogen functional groups attached to an aromatic ring is 1. The molecule has 0 saturated heterocycles. The van der Waals surface area contributed by atoms with Gasteiger partial charge < -0.3 is 10.8 Å². The Hall–Kier alpha value is -1.51. The molecule has 0 heterocycles. The monoisotopic (exact) mass is 139 g/mol. The van der Waals surface area contributed by atoms with Gasteiger partial charge in [0.15, 0.2) is 0 Å². The van der Waals surface area contributed by atoms with Crippen LogP contribution < -0.4 is 5.73 Å². The first-order valence-corrected chi connectivity index (χ1v) is 2.79. The van der Waals surface area contributed by atoms with Crippen molar-refractivity contribution in [2.75, 3.05) is 5.73 Å². The second kappa shape index (κ2) is 2.39. The van der Waals surface area contributed by atoms with Gasteiger partial charge in [-0.1, -0.05) is 0 Å². The van der Waals surface area contributed by atoms with E-state index < -0.39 is 5.97 Å². The van der Waals surface area contributed by atoms with Crippen molar-refractivity contribution < 1.29 is 9.90 Å². The highest BCUT2D eigenvalue weighted by Gasteiger charge is 1.98. The molecule has 0 amide bonds. The van der Waals surface area contributed by atoms with E-state index in [-0.39, 0.29) is 5.56 Å². The summed E-state index contributed by atoms with van der Waals surface area (Å²) in [7, 11) is 0. The number of benzene rings is 1. The lowest BCUT2D eigenvalue weighted by molar-refractivity contribution is 0.0697. The van der Waals surface area contributed by atoms with Crippen molar-refractivity contribution in [3.63, 3.8) is 0 Å². The van der Waals surface area contributed by atoms with Gasteiger partial charge in [0.1, 0.15) is 0 Å². The summed E-state index contributed by atoms with van der Waals surface area (Å²) >= 11 is 0. The Morgan fingerprint density at radius 3 is 2.20 bits per heavy atom. The molecule has 1 rings (SSSR count). The van der Waals surface area contributed by atoms with Crippen LogP contribution in [0.15, 0.2) is 24.3 Å². The summed E-state index contributed by atoms with van der Waals surface area (Å²) in [5.41, 5.74) is 6.17. The van der Waals surface area contributed by atoms with Crippen LogP contribution in [0.5, 0.6) is 0 Å². The van der Waals surface area contributed by atoms with Crippen LogP contribution in [0.3, 0.4) is 0 Å². The highest BCUT2D eigenvalue weighted by molar-refractivity contribution is 5.87. The van der Waals surface area contributed by atoms with Crippen LogP contribution in [0.1, 0.15) is 10.4 Å². The molecule has 0 spiro atoms. The first-order valence-electron chi connectivity index (χ1n) is 2.79. The minimum absolute atomic E-state index is 0.259. The maximum Gasteiger partial charge on any atom is 0.335 e. The minimum atomic E-state index is -0.931. The molecule has 0 aliphatic heterocycles. The van der Waals surface area contributed by atoms with Gasteiger partial charge in [-0.2, -0.15) is 0 Å². The molecule has 0 aliphatic carbocycles. The Balaban J connectivity index is 3.00. The molecule has 0 aromatic heterocycles. The van der Waals surface area contributed by atoms with Crippen LogP contribution in [-0.2, 0) is 0 Å². The molecular weight excluding hydrogens is 132 g/mol. The Bertz CT molecular complexity index is 240. The lowest BCUT2D eigenvalue weighted by atomic mass is 10.3. The summed E-state index contributed by atoms with van der Waals surface area (Å²) in [6.45, 7) is 0. The Labute approximate surface area is 58.1 Å². The molecule has 0 fully saturated rings. The van der Waals surface area contributed by atoms with Crippen molar-refractivity contribution in [2.45, 2.75) is 0 Å². The summed E-state index contributed by atoms with van der Waals surface area (Å²) < 4.78 is 0. The molecule has 0 atom stereocenters. The molecule has 0 unspecified atom stereocenters. The molecule has 3 N–H and O–H groups in total. The maximum atomic E-state index is 10.3. The molecule has 52 valence electrons. The van der Waals surface area contributed by atoms with E-state index in [1.54, 1.807) is 12.1 Å². The summed E-state index contributed by atoms with van der Waals surface area (Å²) in [6.07, 6.45) is 0. The molecular formula is C7H7NO2. The van der Waals surface area contributed by atoms with E-state index in [1.807, 2.05) is 0 Å². The van der Waals surface area contributed by atoms with Gasteiger partial charge in [-0.25, -0.2) is 4.79 Å². The predicted molar refractivity (Wildman–Crippen MR) is 37.8 cm³/mol. The van der Waals surface area contributed by atoms with Gasteiger partial charge in [0, 0.05) is 5.69 Å². The number of carbonyl (C=O) groups is 1. The lowest BCUT2D eigenvalue weighted by Gasteiger charge is -1.93. The topological polar surface area (TPSA) is 63.3 Å². The van der Waals surface area contributed by atoms with Gasteiger partial charge in [0.25, 0.3) is 0 Å². The summed E-state index contributed by atoms with van der Waals surface area (Å²) in [5.74, 6) is -0.931. The molecule has 0 saturated carbocycles. The largest absolute Gasteiger partial charge is 0.478 e. The van der Waals surface area contributed by atoms with Crippen LogP contribution in [-0.4, -0.2) is 11.1 Å². The zero-order chi connectivity index (χ0) is 7.56. The average molecular weight is 139 g/mol. The zero-order valence-electron chi connectivity index (χ0n) is 5.24. The number of carboxylic acid groups (broad SMARTS) is 1. The number of hydrogen-bond donors (Lipinski definition) is 2. The third-order valence-electron chi connectivity index (χ3n) is 1.16. The van der Waals surface area contributed by atoms with E-state index in [2.05, 4.69) is 0 Å². The lowest BCUT2D eigenvalue weighted by Crippen LogP contribution is -1.95. The van der Waals surface area contributed by atoms with Crippen LogP contribution >= 0.6 is 0 Å². The van der Waals surface area contributed by atoms with Crippen molar-refractivity contribution in [2.24, 2.45) is 0 Å². The van der Waals surface area contributed by atoms with E-state index in [0.717, 1.165) is 0 Å². The second-order valence-corrected chi connectivity index (χ2v) is 1.93. The number of hydrogen-bond acceptors (Lipinski definition) is 2. The molecule has 0 bridgehead atoms. The number of carboxylic acids is 1. The van der Waals surface area contributed by atoms with E-state index >= 15 is 0 Å². The first-order chi connectivity index (χ1) is 4.70. The van der Waals surface area contributed by atoms with Crippen molar-refractivity contribution in [1.29, 1.82) is 0 Å². The Morgan fingerprint density at radius 1 is 1.30 bits per heavy atom. The standard InChI is InChI=1S/C7H7NO2/c8-6-3-1-5(2-4-6)7(9)10/h1-4H,8H2,(H,9,10)/i7+2. The minimum Gasteiger partial charge on any atom is -0.478 e. The average Bonchev–Trinajstić information content (AvgIpc) is 1.88. The summed E-state index contributed by atoms with van der Waals surface area (Å²) in [6, 6.07) is 6.06. The van der Waals surface area contributed by atoms with Gasteiger partial charge in [0.2, 0.25) is 0 Å². The quantitative estimate of drug-likeness (QED) is 0.570. The Kier molecular flexibility index (Phi) is 1.58. The normalized spacial score (nSPS) is 9.20. The Morgan fingerprint density at radius 2 is 1.80 bits per heavy atom. The molecule has 0 aliphatic rings. The van der Waals surface area contributed by atoms with Crippen LogP contribution in [0.2, 0.25) is 0 Å². The fourth-order valence-electron chi connectivity index (χ4n) is 0.626. The van der Waals surface area contributed by atoms with E-state index in [4.69, 9.17) is 10.8 Å². The van der Waals surface area contributed by atoms with Gasteiger partial charge in [-0.05, 0) is 24.3 Å². The van der Waals surface area contributed by atoms with Crippen molar-refractivity contribution in [3.8, 4) is 0 Å². The molecule has 0 radical (unpaired) electrons. The number of rotatable bonds is 1. The highest BCUT2D eigenvalue weighted by atomic mass is 16.6. The van der Waals surface area contributed by atoms with Crippen molar-refractivity contribution in [3.05, 3.63) is 29.8 Å². The van der Waals surface area contributed by atoms with Gasteiger partial charge in [-0.15, -0.1) is 0 Å². The third-order valence-corrected chi connectivity index (χ3v) is 1.16. The van der Waals surface area contributed by atoms with Crippen LogP contribution in [0.25, 0.3) is 0 Å². The molecule has 10 heavy (non-hydrogen) atoms. The van der Waals surface area contributed by atoms with Gasteiger partial charge in [0.05, 0.1) is 5.56 Å². The van der Waals surface area contributed by atoms with E-state index in [9.17, 15) is 4.79 Å². The van der Waals surface area contributed by atoms with Gasteiger partial charge >= 0.3 is 5.97 Å². The zero-order valence-corrected chi connectivity index (χ0v) is 5.24. The number of anilines is 1. The smallest absolute Gasteiger partial charge is 0.335 e. The first kappa shape index (κ1) is 6.61. The summed E-state index contributed by atoms with van der Waals surface area (Å²) in [4.78, 5) is 10.3. The molecule has 3 heteroatoms. The van der Waals surface area contributed by atoms with Crippen molar-refractivity contribution in [1.82, 2.24) is 0 Å². The number of aromatic carboxylic acids is 1. The van der Waals surface area contributed by atoms with Crippen molar-refractivity contribution >= 4 is 11.7 Å².